The number of carbonyl (C=O) groups is 1. The lowest BCUT2D eigenvalue weighted by Gasteiger charge is -2.09. The van der Waals surface area contributed by atoms with Gasteiger partial charge in [0.1, 0.15) is 5.75 Å². The Bertz CT molecular complexity index is 418. The molecule has 4 heteroatoms. The van der Waals surface area contributed by atoms with Crippen LogP contribution in [0.3, 0.4) is 0 Å². The zero-order chi connectivity index (χ0) is 10.4. The van der Waals surface area contributed by atoms with Crippen molar-refractivity contribution in [2.24, 2.45) is 11.8 Å². The van der Waals surface area contributed by atoms with Crippen LogP contribution in [0.25, 0.3) is 0 Å². The van der Waals surface area contributed by atoms with Crippen molar-refractivity contribution in [1.82, 2.24) is 0 Å². The molecule has 3 nitrogen and oxygen atoms in total. The molecule has 1 aliphatic heterocycles. The standard InChI is InChI=1S/C11H11O3P/c12-11-10-7(5-13-11)9(10)6-3-1-2-4-8(6)14-15/h1-4,7,9-10H,5,15H2/t7-,9?,10?/m1/s1. The number of hydrogen-bond acceptors (Lipinski definition) is 3. The lowest BCUT2D eigenvalue weighted by Crippen LogP contribution is -2.04. The number of esters is 1. The van der Waals surface area contributed by atoms with E-state index in [1.807, 2.05) is 24.3 Å². The van der Waals surface area contributed by atoms with Crippen molar-refractivity contribution in [3.05, 3.63) is 29.8 Å². The van der Waals surface area contributed by atoms with Gasteiger partial charge in [-0.15, -0.1) is 0 Å². The first kappa shape index (κ1) is 9.17. The van der Waals surface area contributed by atoms with Gasteiger partial charge in [0.25, 0.3) is 0 Å². The van der Waals surface area contributed by atoms with E-state index in [1.54, 1.807) is 0 Å². The highest BCUT2D eigenvalue weighted by molar-refractivity contribution is 7.10. The van der Waals surface area contributed by atoms with Crippen molar-refractivity contribution in [2.45, 2.75) is 5.92 Å². The molecule has 0 amide bonds. The van der Waals surface area contributed by atoms with Gasteiger partial charge in [0, 0.05) is 11.8 Å². The van der Waals surface area contributed by atoms with Gasteiger partial charge in [0.2, 0.25) is 0 Å². The van der Waals surface area contributed by atoms with Gasteiger partial charge >= 0.3 is 5.97 Å². The number of fused-ring (bicyclic) bond motifs is 1. The third-order valence-corrected chi connectivity index (χ3v) is 3.52. The number of benzene rings is 1. The van der Waals surface area contributed by atoms with Crippen molar-refractivity contribution in [2.75, 3.05) is 6.61 Å². The second-order valence-electron chi connectivity index (χ2n) is 4.00. The predicted molar refractivity (Wildman–Crippen MR) is 57.5 cm³/mol. The Labute approximate surface area is 90.0 Å². The van der Waals surface area contributed by atoms with Gasteiger partial charge < -0.3 is 9.26 Å². The fourth-order valence-corrected chi connectivity index (χ4v) is 2.68. The summed E-state index contributed by atoms with van der Waals surface area (Å²) in [6.45, 7) is 0.569. The van der Waals surface area contributed by atoms with Gasteiger partial charge in [-0.2, -0.15) is 0 Å². The molecule has 1 aliphatic carbocycles. The lowest BCUT2D eigenvalue weighted by atomic mass is 10.1. The summed E-state index contributed by atoms with van der Waals surface area (Å²) in [6.07, 6.45) is 0. The predicted octanol–water partition coefficient (Wildman–Crippen LogP) is 1.74. The third-order valence-electron chi connectivity index (χ3n) is 3.26. The minimum absolute atomic E-state index is 0.0523. The molecule has 1 saturated heterocycles. The highest BCUT2D eigenvalue weighted by Crippen LogP contribution is 2.59. The van der Waals surface area contributed by atoms with Crippen LogP contribution in [0.1, 0.15) is 11.5 Å². The largest absolute Gasteiger partial charge is 0.480 e. The average molecular weight is 222 g/mol. The highest BCUT2D eigenvalue weighted by atomic mass is 31.0. The van der Waals surface area contributed by atoms with E-state index in [4.69, 9.17) is 9.26 Å². The molecule has 4 atom stereocenters. The van der Waals surface area contributed by atoms with Crippen LogP contribution in [0.4, 0.5) is 0 Å². The third kappa shape index (κ3) is 1.26. The summed E-state index contributed by atoms with van der Waals surface area (Å²) < 4.78 is 10.2. The van der Waals surface area contributed by atoms with Crippen LogP contribution in [0, 0.1) is 11.8 Å². The maximum absolute atomic E-state index is 11.3. The molecule has 0 N–H and O–H groups in total. The van der Waals surface area contributed by atoms with E-state index in [0.29, 0.717) is 18.4 Å². The molecule has 0 spiro atoms. The average Bonchev–Trinajstić information content (AvgIpc) is 2.89. The van der Waals surface area contributed by atoms with Gasteiger partial charge in [-0.1, -0.05) is 18.2 Å². The fourth-order valence-electron chi connectivity index (χ4n) is 2.46. The normalized spacial score (nSPS) is 32.1. The van der Waals surface area contributed by atoms with E-state index in [-0.39, 0.29) is 11.9 Å². The second kappa shape index (κ2) is 3.21. The SMILES string of the molecule is O=C1OC[C@H]2C1C2c1ccccc1OP. The van der Waals surface area contributed by atoms with Crippen LogP contribution < -0.4 is 4.52 Å². The maximum atomic E-state index is 11.3. The van der Waals surface area contributed by atoms with Crippen LogP contribution in [0.5, 0.6) is 5.75 Å². The summed E-state index contributed by atoms with van der Waals surface area (Å²) in [5.74, 6) is 1.55. The zero-order valence-corrected chi connectivity index (χ0v) is 9.21. The van der Waals surface area contributed by atoms with E-state index in [1.165, 1.54) is 0 Å². The summed E-state index contributed by atoms with van der Waals surface area (Å²) in [7, 11) is 2.25. The molecule has 3 unspecified atom stereocenters. The molecule has 3 rings (SSSR count). The molecule has 1 aromatic carbocycles. The van der Waals surface area contributed by atoms with Crippen LogP contribution in [-0.2, 0) is 9.53 Å². The number of para-hydroxylation sites is 1. The van der Waals surface area contributed by atoms with Gasteiger partial charge in [-0.25, -0.2) is 0 Å². The molecule has 0 bridgehead atoms. The molecule has 1 saturated carbocycles. The van der Waals surface area contributed by atoms with E-state index in [0.717, 1.165) is 11.3 Å². The Balaban J connectivity index is 1.92. The van der Waals surface area contributed by atoms with Crippen molar-refractivity contribution in [3.8, 4) is 5.75 Å². The summed E-state index contributed by atoms with van der Waals surface area (Å²) in [6, 6.07) is 7.85. The van der Waals surface area contributed by atoms with Crippen LogP contribution in [0.2, 0.25) is 0 Å². The fraction of sp³-hybridized carbons (Fsp3) is 0.364. The van der Waals surface area contributed by atoms with E-state index >= 15 is 0 Å². The Morgan fingerprint density at radius 1 is 1.33 bits per heavy atom. The molecule has 0 aromatic heterocycles. The van der Waals surface area contributed by atoms with Gasteiger partial charge in [-0.05, 0) is 11.6 Å². The van der Waals surface area contributed by atoms with E-state index in [2.05, 4.69) is 9.47 Å². The van der Waals surface area contributed by atoms with Crippen LogP contribution in [0.15, 0.2) is 24.3 Å². The number of rotatable bonds is 2. The lowest BCUT2D eigenvalue weighted by molar-refractivity contribution is -0.141. The Morgan fingerprint density at radius 2 is 2.13 bits per heavy atom. The summed E-state index contributed by atoms with van der Waals surface area (Å²) in [5.41, 5.74) is 1.12. The molecule has 0 radical (unpaired) electrons. The monoisotopic (exact) mass is 222 g/mol. The first-order chi connectivity index (χ1) is 7.33. The minimum atomic E-state index is -0.0523. The Kier molecular flexibility index (Phi) is 1.96. The summed E-state index contributed by atoms with van der Waals surface area (Å²) in [5, 5.41) is 0. The molecular weight excluding hydrogens is 211 g/mol. The summed E-state index contributed by atoms with van der Waals surface area (Å²) >= 11 is 0. The quantitative estimate of drug-likeness (QED) is 0.564. The summed E-state index contributed by atoms with van der Waals surface area (Å²) in [4.78, 5) is 11.3. The number of ether oxygens (including phenoxy) is 1. The van der Waals surface area contributed by atoms with Crippen molar-refractivity contribution < 1.29 is 14.1 Å². The first-order valence-corrected chi connectivity index (χ1v) is 5.42. The maximum Gasteiger partial charge on any atom is 0.310 e. The van der Waals surface area contributed by atoms with E-state index < -0.39 is 0 Å². The number of carbonyl (C=O) groups excluding carboxylic acids is 1. The zero-order valence-electron chi connectivity index (χ0n) is 8.05. The van der Waals surface area contributed by atoms with Crippen molar-refractivity contribution in [1.29, 1.82) is 0 Å². The van der Waals surface area contributed by atoms with Crippen LogP contribution >= 0.6 is 9.47 Å². The molecule has 1 aromatic rings. The second-order valence-corrected chi connectivity index (χ2v) is 4.24. The molecule has 15 heavy (non-hydrogen) atoms. The number of hydrogen-bond donors (Lipinski definition) is 0. The Hall–Kier alpha value is -1.08. The highest BCUT2D eigenvalue weighted by Gasteiger charge is 2.61. The Morgan fingerprint density at radius 3 is 2.80 bits per heavy atom. The smallest absolute Gasteiger partial charge is 0.310 e. The topological polar surface area (TPSA) is 35.5 Å². The van der Waals surface area contributed by atoms with Crippen molar-refractivity contribution in [3.63, 3.8) is 0 Å². The first-order valence-electron chi connectivity index (χ1n) is 4.95. The molecule has 1 heterocycles. The molecule has 78 valence electrons. The molecule has 2 aliphatic rings. The van der Waals surface area contributed by atoms with Crippen molar-refractivity contribution >= 4 is 15.4 Å². The minimum Gasteiger partial charge on any atom is -0.480 e. The number of cyclic esters (lactones) is 1. The van der Waals surface area contributed by atoms with E-state index in [9.17, 15) is 4.79 Å². The molecular formula is C11H11O3P. The van der Waals surface area contributed by atoms with Gasteiger partial charge in [0.05, 0.1) is 22.0 Å². The van der Waals surface area contributed by atoms with Crippen LogP contribution in [-0.4, -0.2) is 12.6 Å². The molecule has 2 fully saturated rings. The van der Waals surface area contributed by atoms with Gasteiger partial charge in [-0.3, -0.25) is 4.79 Å². The van der Waals surface area contributed by atoms with Gasteiger partial charge in [0.15, 0.2) is 0 Å².